The Labute approximate surface area is 136 Å². The highest BCUT2D eigenvalue weighted by Gasteiger charge is 2.13. The van der Waals surface area contributed by atoms with Gasteiger partial charge in [0.05, 0.1) is 0 Å². The van der Waals surface area contributed by atoms with Crippen molar-refractivity contribution in [3.63, 3.8) is 0 Å². The van der Waals surface area contributed by atoms with Gasteiger partial charge in [-0.1, -0.05) is 25.1 Å². The molecule has 0 radical (unpaired) electrons. The summed E-state index contributed by atoms with van der Waals surface area (Å²) in [6, 6.07) is 11.2. The number of thiophene rings is 1. The predicted octanol–water partition coefficient (Wildman–Crippen LogP) is 1.69. The summed E-state index contributed by atoms with van der Waals surface area (Å²) in [5, 5.41) is 12.9. The highest BCUT2D eigenvalue weighted by Crippen LogP contribution is 2.15. The van der Waals surface area contributed by atoms with E-state index in [9.17, 15) is 9.59 Å². The third kappa shape index (κ3) is 3.21. The van der Waals surface area contributed by atoms with Crippen molar-refractivity contribution in [3.05, 3.63) is 57.8 Å². The van der Waals surface area contributed by atoms with Crippen LogP contribution in [0.25, 0.3) is 5.00 Å². The molecule has 2 heterocycles. The molecular formula is C15H15N5O2S. The van der Waals surface area contributed by atoms with E-state index >= 15 is 0 Å². The van der Waals surface area contributed by atoms with E-state index in [0.717, 1.165) is 22.4 Å². The highest BCUT2D eigenvalue weighted by molar-refractivity contribution is 7.12. The Bertz CT molecular complexity index is 866. The molecule has 3 rings (SSSR count). The quantitative estimate of drug-likeness (QED) is 0.772. The molecule has 0 bridgehead atoms. The maximum atomic E-state index is 12.2. The van der Waals surface area contributed by atoms with Crippen LogP contribution in [0.1, 0.15) is 12.5 Å². The van der Waals surface area contributed by atoms with Crippen LogP contribution in [-0.4, -0.2) is 25.7 Å². The Morgan fingerprint density at radius 1 is 1.22 bits per heavy atom. The van der Waals surface area contributed by atoms with E-state index in [0.29, 0.717) is 5.00 Å². The second-order valence-electron chi connectivity index (χ2n) is 4.84. The number of nitrogens with zero attached hydrogens (tertiary/aromatic N) is 4. The molecular weight excluding hydrogens is 314 g/mol. The van der Waals surface area contributed by atoms with Crippen molar-refractivity contribution in [1.29, 1.82) is 0 Å². The van der Waals surface area contributed by atoms with Crippen LogP contribution in [0.5, 0.6) is 0 Å². The molecule has 1 aromatic carbocycles. The Morgan fingerprint density at radius 3 is 2.78 bits per heavy atom. The summed E-state index contributed by atoms with van der Waals surface area (Å²) in [5.41, 5.74) is 1.35. The van der Waals surface area contributed by atoms with Crippen molar-refractivity contribution < 1.29 is 4.79 Å². The van der Waals surface area contributed by atoms with Crippen molar-refractivity contribution in [2.45, 2.75) is 19.9 Å². The van der Waals surface area contributed by atoms with Gasteiger partial charge in [0.2, 0.25) is 5.91 Å². The summed E-state index contributed by atoms with van der Waals surface area (Å²) in [7, 11) is 0. The maximum absolute atomic E-state index is 12.2. The number of para-hydroxylation sites is 1. The molecule has 0 aliphatic carbocycles. The summed E-state index contributed by atoms with van der Waals surface area (Å²) in [6.45, 7) is 1.84. The smallest absolute Gasteiger partial charge is 0.324 e. The molecule has 23 heavy (non-hydrogen) atoms. The predicted molar refractivity (Wildman–Crippen MR) is 87.9 cm³/mol. The molecule has 0 unspecified atom stereocenters. The van der Waals surface area contributed by atoms with E-state index < -0.39 is 5.69 Å². The fraction of sp³-hybridized carbons (Fsp3) is 0.200. The molecule has 3 aromatic rings. The van der Waals surface area contributed by atoms with Crippen molar-refractivity contribution >= 4 is 22.9 Å². The van der Waals surface area contributed by atoms with E-state index in [4.69, 9.17) is 0 Å². The van der Waals surface area contributed by atoms with Crippen LogP contribution in [0.4, 0.5) is 5.69 Å². The van der Waals surface area contributed by atoms with Gasteiger partial charge in [-0.25, -0.2) is 4.79 Å². The molecule has 2 aromatic heterocycles. The first kappa shape index (κ1) is 15.2. The monoisotopic (exact) mass is 329 g/mol. The van der Waals surface area contributed by atoms with E-state index in [-0.39, 0.29) is 12.5 Å². The van der Waals surface area contributed by atoms with Gasteiger partial charge in [-0.3, -0.25) is 4.79 Å². The van der Waals surface area contributed by atoms with Gasteiger partial charge in [0.25, 0.3) is 0 Å². The average Bonchev–Trinajstić information content (AvgIpc) is 3.19. The zero-order valence-corrected chi connectivity index (χ0v) is 13.3. The van der Waals surface area contributed by atoms with Crippen LogP contribution in [0, 0.1) is 0 Å². The lowest BCUT2D eigenvalue weighted by Crippen LogP contribution is -2.29. The first-order chi connectivity index (χ1) is 11.2. The van der Waals surface area contributed by atoms with E-state index in [2.05, 4.69) is 15.7 Å². The number of hydrogen-bond acceptors (Lipinski definition) is 5. The van der Waals surface area contributed by atoms with E-state index in [1.165, 1.54) is 16.0 Å². The molecule has 1 amide bonds. The lowest BCUT2D eigenvalue weighted by molar-refractivity contribution is -0.117. The Morgan fingerprint density at radius 2 is 2.04 bits per heavy atom. The lowest BCUT2D eigenvalue weighted by atomic mass is 10.1. The third-order valence-corrected chi connectivity index (χ3v) is 4.16. The van der Waals surface area contributed by atoms with Gasteiger partial charge in [0.15, 0.2) is 0 Å². The van der Waals surface area contributed by atoms with E-state index in [1.807, 2.05) is 42.6 Å². The van der Waals surface area contributed by atoms with Gasteiger partial charge in [-0.2, -0.15) is 9.36 Å². The summed E-state index contributed by atoms with van der Waals surface area (Å²) >= 11 is 1.38. The van der Waals surface area contributed by atoms with Crippen molar-refractivity contribution in [3.8, 4) is 5.00 Å². The number of benzene rings is 1. The Hall–Kier alpha value is -2.74. The van der Waals surface area contributed by atoms with Gasteiger partial charge in [0, 0.05) is 5.69 Å². The number of rotatable bonds is 5. The Balaban J connectivity index is 1.75. The van der Waals surface area contributed by atoms with Crippen LogP contribution in [0.15, 0.2) is 46.6 Å². The first-order valence-electron chi connectivity index (χ1n) is 7.13. The molecule has 7 nitrogen and oxygen atoms in total. The number of carbonyl (C=O) groups excluding carboxylic acids is 1. The minimum Gasteiger partial charge on any atom is -0.324 e. The van der Waals surface area contributed by atoms with Crippen molar-refractivity contribution in [2.75, 3.05) is 5.32 Å². The number of nitrogens with one attached hydrogen (secondary N) is 1. The minimum atomic E-state index is -0.439. The number of amides is 1. The standard InChI is InChI=1S/C15H15N5O2S/c1-2-11-6-3-4-7-12(11)16-13(21)10-19-15(22)20(18-17-19)14-8-5-9-23-14/h3-9H,2,10H2,1H3,(H,16,21). The number of hydrogen-bond donors (Lipinski definition) is 1. The number of anilines is 1. The number of carbonyl (C=O) groups is 1. The maximum Gasteiger partial charge on any atom is 0.369 e. The van der Waals surface area contributed by atoms with Crippen LogP contribution in [0.2, 0.25) is 0 Å². The molecule has 0 aliphatic heterocycles. The normalized spacial score (nSPS) is 10.7. The first-order valence-corrected chi connectivity index (χ1v) is 8.01. The molecule has 1 N–H and O–H groups in total. The fourth-order valence-corrected chi connectivity index (χ4v) is 2.85. The summed E-state index contributed by atoms with van der Waals surface area (Å²) < 4.78 is 2.22. The third-order valence-electron chi connectivity index (χ3n) is 3.32. The second-order valence-corrected chi connectivity index (χ2v) is 5.77. The SMILES string of the molecule is CCc1ccccc1NC(=O)Cn1nnn(-c2cccs2)c1=O. The molecule has 8 heteroatoms. The molecule has 0 saturated carbocycles. The van der Waals surface area contributed by atoms with Crippen LogP contribution >= 0.6 is 11.3 Å². The minimum absolute atomic E-state index is 0.178. The topological polar surface area (TPSA) is 81.8 Å². The number of aryl methyl sites for hydroxylation is 1. The van der Waals surface area contributed by atoms with Crippen LogP contribution in [-0.2, 0) is 17.8 Å². The number of tetrazole rings is 1. The molecule has 118 valence electrons. The second kappa shape index (κ2) is 6.57. The summed E-state index contributed by atoms with van der Waals surface area (Å²) in [4.78, 5) is 24.4. The molecule has 0 aliphatic rings. The largest absolute Gasteiger partial charge is 0.369 e. The van der Waals surface area contributed by atoms with Gasteiger partial charge in [0.1, 0.15) is 11.5 Å². The molecule has 0 saturated heterocycles. The van der Waals surface area contributed by atoms with Gasteiger partial charge in [-0.15, -0.1) is 11.3 Å². The fourth-order valence-electron chi connectivity index (χ4n) is 2.18. The van der Waals surface area contributed by atoms with Crippen LogP contribution in [0.3, 0.4) is 0 Å². The number of aromatic nitrogens is 4. The zero-order chi connectivity index (χ0) is 16.2. The summed E-state index contributed by atoms with van der Waals surface area (Å²) in [6.07, 6.45) is 0.810. The zero-order valence-electron chi connectivity index (χ0n) is 12.5. The summed E-state index contributed by atoms with van der Waals surface area (Å²) in [5.74, 6) is -0.314. The van der Waals surface area contributed by atoms with Crippen molar-refractivity contribution in [1.82, 2.24) is 19.8 Å². The lowest BCUT2D eigenvalue weighted by Gasteiger charge is -2.08. The molecule has 0 atom stereocenters. The van der Waals surface area contributed by atoms with Crippen LogP contribution < -0.4 is 11.0 Å². The van der Waals surface area contributed by atoms with Gasteiger partial charge < -0.3 is 5.32 Å². The highest BCUT2D eigenvalue weighted by atomic mass is 32.1. The molecule has 0 fully saturated rings. The van der Waals surface area contributed by atoms with E-state index in [1.54, 1.807) is 6.07 Å². The Kier molecular flexibility index (Phi) is 4.33. The van der Waals surface area contributed by atoms with Gasteiger partial charge in [-0.05, 0) is 46.0 Å². The average molecular weight is 329 g/mol. The van der Waals surface area contributed by atoms with Crippen molar-refractivity contribution in [2.24, 2.45) is 0 Å². The van der Waals surface area contributed by atoms with Gasteiger partial charge >= 0.3 is 5.69 Å². The molecule has 0 spiro atoms.